The Kier molecular flexibility index (Phi) is 3.53. The number of carbonyl (C=O) groups is 1. The lowest BCUT2D eigenvalue weighted by Crippen LogP contribution is -2.49. The molecule has 1 atom stereocenters. The van der Waals surface area contributed by atoms with Crippen LogP contribution in [0.15, 0.2) is 60.7 Å². The van der Waals surface area contributed by atoms with Crippen molar-refractivity contribution in [2.75, 3.05) is 13.6 Å². The maximum Gasteiger partial charge on any atom is 0.231 e. The van der Waals surface area contributed by atoms with Crippen molar-refractivity contribution in [2.45, 2.75) is 18.9 Å². The lowest BCUT2D eigenvalue weighted by Gasteiger charge is -2.42. The molecule has 3 rings (SSSR count). The molecule has 3 nitrogen and oxygen atoms in total. The second-order valence-corrected chi connectivity index (χ2v) is 6.25. The Balaban J connectivity index is 2.23. The summed E-state index contributed by atoms with van der Waals surface area (Å²) in [4.78, 5) is 14.5. The average molecular weight is 295 g/mol. The zero-order valence-corrected chi connectivity index (χ0v) is 13.0. The van der Waals surface area contributed by atoms with E-state index in [0.717, 1.165) is 11.1 Å². The smallest absolute Gasteiger partial charge is 0.231 e. The van der Waals surface area contributed by atoms with Crippen LogP contribution in [0.5, 0.6) is 0 Å². The number of benzene rings is 2. The first-order valence-electron chi connectivity index (χ1n) is 7.59. The number of hydrogen-bond acceptors (Lipinski definition) is 2. The van der Waals surface area contributed by atoms with Crippen molar-refractivity contribution in [3.05, 3.63) is 71.8 Å². The first-order chi connectivity index (χ1) is 10.5. The number of amides is 1. The second-order valence-electron chi connectivity index (χ2n) is 6.25. The molecule has 0 aromatic heterocycles. The van der Waals surface area contributed by atoms with Crippen LogP contribution in [0.3, 0.4) is 0 Å². The highest BCUT2D eigenvalue weighted by Crippen LogP contribution is 2.50. The number of likely N-dealkylation sites (tertiary alicyclic amines) is 1. The van der Waals surface area contributed by atoms with E-state index in [2.05, 4.69) is 0 Å². The van der Waals surface area contributed by atoms with Gasteiger partial charge in [-0.25, -0.2) is 0 Å². The predicted molar refractivity (Wildman–Crippen MR) is 86.2 cm³/mol. The Bertz CT molecular complexity index is 629. The van der Waals surface area contributed by atoms with E-state index in [9.17, 15) is 9.90 Å². The molecule has 1 unspecified atom stereocenters. The van der Waals surface area contributed by atoms with Crippen LogP contribution in [0.2, 0.25) is 0 Å². The van der Waals surface area contributed by atoms with E-state index in [1.165, 1.54) is 0 Å². The quantitative estimate of drug-likeness (QED) is 0.946. The van der Waals surface area contributed by atoms with E-state index in [1.54, 1.807) is 11.9 Å². The molecule has 2 aromatic rings. The van der Waals surface area contributed by atoms with Gasteiger partial charge >= 0.3 is 0 Å². The minimum absolute atomic E-state index is 0.0114. The molecule has 1 aliphatic heterocycles. The zero-order valence-electron chi connectivity index (χ0n) is 13.0. The van der Waals surface area contributed by atoms with Gasteiger partial charge < -0.3 is 10.0 Å². The SMILES string of the molecule is CN1CCC(C)(C(O)(c2ccccc2)c2ccccc2)C1=O. The lowest BCUT2D eigenvalue weighted by atomic mass is 9.65. The molecule has 0 radical (unpaired) electrons. The highest BCUT2D eigenvalue weighted by atomic mass is 16.3. The van der Waals surface area contributed by atoms with Crippen LogP contribution < -0.4 is 0 Å². The van der Waals surface area contributed by atoms with Crippen molar-refractivity contribution in [1.82, 2.24) is 4.90 Å². The van der Waals surface area contributed by atoms with Gasteiger partial charge in [0.25, 0.3) is 0 Å². The van der Waals surface area contributed by atoms with E-state index >= 15 is 0 Å². The van der Waals surface area contributed by atoms with E-state index in [-0.39, 0.29) is 5.91 Å². The Morgan fingerprint density at radius 2 is 1.45 bits per heavy atom. The Morgan fingerprint density at radius 3 is 1.82 bits per heavy atom. The van der Waals surface area contributed by atoms with E-state index in [1.807, 2.05) is 67.6 Å². The third-order valence-electron chi connectivity index (χ3n) is 4.95. The van der Waals surface area contributed by atoms with Crippen LogP contribution in [0.25, 0.3) is 0 Å². The highest BCUT2D eigenvalue weighted by Gasteiger charge is 2.57. The molecule has 1 amide bonds. The first-order valence-corrected chi connectivity index (χ1v) is 7.59. The number of nitrogens with zero attached hydrogens (tertiary/aromatic N) is 1. The summed E-state index contributed by atoms with van der Waals surface area (Å²) >= 11 is 0. The number of aliphatic hydroxyl groups is 1. The molecule has 1 heterocycles. The monoisotopic (exact) mass is 295 g/mol. The summed E-state index contributed by atoms with van der Waals surface area (Å²) in [6, 6.07) is 19.0. The summed E-state index contributed by atoms with van der Waals surface area (Å²) in [5.41, 5.74) is -0.693. The van der Waals surface area contributed by atoms with Gasteiger partial charge in [0.1, 0.15) is 5.60 Å². The standard InChI is InChI=1S/C19H21NO2/c1-18(13-14-20(2)17(18)21)19(22,15-9-5-3-6-10-15)16-11-7-4-8-12-16/h3-12,22H,13-14H2,1-2H3. The van der Waals surface area contributed by atoms with Gasteiger partial charge in [0.15, 0.2) is 0 Å². The molecule has 114 valence electrons. The third-order valence-corrected chi connectivity index (χ3v) is 4.95. The molecule has 1 fully saturated rings. The van der Waals surface area contributed by atoms with Gasteiger partial charge in [-0.15, -0.1) is 0 Å². The van der Waals surface area contributed by atoms with Crippen LogP contribution in [0.1, 0.15) is 24.5 Å². The molecule has 0 bridgehead atoms. The molecular formula is C19H21NO2. The summed E-state index contributed by atoms with van der Waals surface area (Å²) in [5.74, 6) is -0.0114. The summed E-state index contributed by atoms with van der Waals surface area (Å²) in [6.07, 6.45) is 0.628. The molecule has 0 spiro atoms. The minimum atomic E-state index is -1.34. The van der Waals surface area contributed by atoms with Gasteiger partial charge in [-0.3, -0.25) is 4.79 Å². The van der Waals surface area contributed by atoms with Gasteiger partial charge in [-0.1, -0.05) is 60.7 Å². The van der Waals surface area contributed by atoms with Gasteiger partial charge in [0.2, 0.25) is 5.91 Å². The fourth-order valence-corrected chi connectivity index (χ4v) is 3.52. The van der Waals surface area contributed by atoms with Gasteiger partial charge in [-0.05, 0) is 24.5 Å². The maximum atomic E-state index is 12.8. The summed E-state index contributed by atoms with van der Waals surface area (Å²) in [7, 11) is 1.80. The number of hydrogen-bond donors (Lipinski definition) is 1. The molecule has 22 heavy (non-hydrogen) atoms. The Hall–Kier alpha value is -2.13. The Morgan fingerprint density at radius 1 is 1.00 bits per heavy atom. The van der Waals surface area contributed by atoms with Crippen molar-refractivity contribution >= 4 is 5.91 Å². The third kappa shape index (κ3) is 1.97. The highest BCUT2D eigenvalue weighted by molar-refractivity contribution is 5.86. The largest absolute Gasteiger partial charge is 0.379 e. The van der Waals surface area contributed by atoms with Crippen LogP contribution in [0, 0.1) is 5.41 Å². The number of rotatable bonds is 3. The molecular weight excluding hydrogens is 274 g/mol. The lowest BCUT2D eigenvalue weighted by molar-refractivity contribution is -0.146. The van der Waals surface area contributed by atoms with E-state index in [0.29, 0.717) is 13.0 Å². The van der Waals surface area contributed by atoms with Crippen molar-refractivity contribution in [2.24, 2.45) is 5.41 Å². The van der Waals surface area contributed by atoms with Gasteiger partial charge in [0, 0.05) is 13.6 Å². The zero-order chi connectivity index (χ0) is 15.8. The first kappa shape index (κ1) is 14.8. The van der Waals surface area contributed by atoms with Gasteiger partial charge in [-0.2, -0.15) is 0 Å². The van der Waals surface area contributed by atoms with Crippen LogP contribution in [-0.4, -0.2) is 29.5 Å². The van der Waals surface area contributed by atoms with Crippen LogP contribution >= 0.6 is 0 Å². The maximum absolute atomic E-state index is 12.8. The summed E-state index contributed by atoms with van der Waals surface area (Å²) < 4.78 is 0. The minimum Gasteiger partial charge on any atom is -0.379 e. The topological polar surface area (TPSA) is 40.5 Å². The molecule has 1 aliphatic rings. The summed E-state index contributed by atoms with van der Waals surface area (Å²) in [6.45, 7) is 2.54. The van der Waals surface area contributed by atoms with Crippen LogP contribution in [0.4, 0.5) is 0 Å². The van der Waals surface area contributed by atoms with Crippen molar-refractivity contribution in [3.8, 4) is 0 Å². The van der Waals surface area contributed by atoms with Crippen LogP contribution in [-0.2, 0) is 10.4 Å². The van der Waals surface area contributed by atoms with E-state index in [4.69, 9.17) is 0 Å². The fourth-order valence-electron chi connectivity index (χ4n) is 3.52. The normalized spacial score (nSPS) is 22.1. The van der Waals surface area contributed by atoms with Gasteiger partial charge in [0.05, 0.1) is 5.41 Å². The molecule has 1 saturated heterocycles. The van der Waals surface area contributed by atoms with Crippen molar-refractivity contribution in [3.63, 3.8) is 0 Å². The molecule has 3 heteroatoms. The average Bonchev–Trinajstić information content (AvgIpc) is 2.84. The van der Waals surface area contributed by atoms with Crippen molar-refractivity contribution in [1.29, 1.82) is 0 Å². The molecule has 0 saturated carbocycles. The number of carbonyl (C=O) groups excluding carboxylic acids is 1. The Labute approximate surface area is 131 Å². The molecule has 2 aromatic carbocycles. The van der Waals surface area contributed by atoms with Crippen molar-refractivity contribution < 1.29 is 9.90 Å². The summed E-state index contributed by atoms with van der Waals surface area (Å²) in [5, 5.41) is 11.8. The van der Waals surface area contributed by atoms with E-state index < -0.39 is 11.0 Å². The molecule has 1 N–H and O–H groups in total. The molecule has 0 aliphatic carbocycles. The second kappa shape index (κ2) is 5.25. The predicted octanol–water partition coefficient (Wildman–Crippen LogP) is 2.79. The fraction of sp³-hybridized carbons (Fsp3) is 0.316.